The number of unbranched alkanes of at least 4 members (excludes halogenated alkanes) is 1. The Kier molecular flexibility index (Phi) is 5.47. The van der Waals surface area contributed by atoms with E-state index in [1.807, 2.05) is 38.1 Å². The van der Waals surface area contributed by atoms with Crippen LogP contribution in [0, 0.1) is 13.8 Å². The lowest BCUT2D eigenvalue weighted by molar-refractivity contribution is 0.0953. The van der Waals surface area contributed by atoms with Crippen molar-refractivity contribution in [3.63, 3.8) is 0 Å². The monoisotopic (exact) mass is 298 g/mol. The Morgan fingerprint density at radius 1 is 1.14 bits per heavy atom. The fourth-order valence-electron chi connectivity index (χ4n) is 2.13. The van der Waals surface area contributed by atoms with Gasteiger partial charge in [-0.2, -0.15) is 0 Å². The zero-order chi connectivity index (χ0) is 15.9. The minimum Gasteiger partial charge on any atom is -0.352 e. The van der Waals surface area contributed by atoms with E-state index in [0.29, 0.717) is 18.1 Å². The third-order valence-electron chi connectivity index (χ3n) is 3.18. The van der Waals surface area contributed by atoms with E-state index in [1.54, 1.807) is 6.07 Å². The Labute approximate surface area is 131 Å². The largest absolute Gasteiger partial charge is 0.352 e. The summed E-state index contributed by atoms with van der Waals surface area (Å²) in [5.41, 5.74) is 3.24. The molecule has 1 aromatic heterocycles. The number of aryl methyl sites for hydroxylation is 2. The zero-order valence-electron chi connectivity index (χ0n) is 13.3. The summed E-state index contributed by atoms with van der Waals surface area (Å²) < 4.78 is 0. The van der Waals surface area contributed by atoms with Crippen LogP contribution in [0.3, 0.4) is 0 Å². The minimum atomic E-state index is -0.0570. The van der Waals surface area contributed by atoms with Gasteiger partial charge in [0, 0.05) is 29.2 Å². The maximum Gasteiger partial charge on any atom is 0.251 e. The summed E-state index contributed by atoms with van der Waals surface area (Å²) in [5, 5.41) is 6.06. The number of hydrogen-bond donors (Lipinski definition) is 2. The molecule has 0 fully saturated rings. The molecule has 22 heavy (non-hydrogen) atoms. The van der Waals surface area contributed by atoms with Crippen LogP contribution in [-0.4, -0.2) is 22.4 Å². The highest BCUT2D eigenvalue weighted by molar-refractivity contribution is 5.95. The predicted molar refractivity (Wildman–Crippen MR) is 88.5 cm³/mol. The molecule has 5 heteroatoms. The summed E-state index contributed by atoms with van der Waals surface area (Å²) in [6.07, 6.45) is 2.05. The van der Waals surface area contributed by atoms with Crippen LogP contribution in [-0.2, 0) is 0 Å². The van der Waals surface area contributed by atoms with Crippen molar-refractivity contribution in [1.29, 1.82) is 0 Å². The second-order valence-corrected chi connectivity index (χ2v) is 5.29. The van der Waals surface area contributed by atoms with Crippen molar-refractivity contribution in [3.8, 4) is 0 Å². The van der Waals surface area contributed by atoms with Gasteiger partial charge in [-0.3, -0.25) is 4.79 Å². The number of anilines is 2. The lowest BCUT2D eigenvalue weighted by atomic mass is 10.2. The molecule has 0 unspecified atom stereocenters. The summed E-state index contributed by atoms with van der Waals surface area (Å²) in [5.74, 6) is 0.486. The van der Waals surface area contributed by atoms with E-state index in [2.05, 4.69) is 27.5 Å². The second-order valence-electron chi connectivity index (χ2n) is 5.29. The van der Waals surface area contributed by atoms with Crippen molar-refractivity contribution < 1.29 is 4.79 Å². The molecule has 0 radical (unpaired) electrons. The maximum atomic E-state index is 12.1. The third kappa shape index (κ3) is 4.55. The molecule has 0 aliphatic carbocycles. The third-order valence-corrected chi connectivity index (χ3v) is 3.18. The molecule has 0 aliphatic heterocycles. The number of aromatic nitrogens is 2. The summed E-state index contributed by atoms with van der Waals surface area (Å²) in [4.78, 5) is 20.7. The van der Waals surface area contributed by atoms with Gasteiger partial charge in [-0.05, 0) is 44.5 Å². The maximum absolute atomic E-state index is 12.1. The highest BCUT2D eigenvalue weighted by Gasteiger charge is 2.06. The fraction of sp³-hybridized carbons (Fsp3) is 0.353. The van der Waals surface area contributed by atoms with Crippen molar-refractivity contribution in [3.05, 3.63) is 47.3 Å². The first-order valence-corrected chi connectivity index (χ1v) is 7.56. The summed E-state index contributed by atoms with van der Waals surface area (Å²) in [7, 11) is 0. The van der Waals surface area contributed by atoms with Crippen molar-refractivity contribution in [2.45, 2.75) is 33.6 Å². The molecule has 2 N–H and O–H groups in total. The second kappa shape index (κ2) is 7.54. The Balaban J connectivity index is 2.09. The molecule has 2 aromatic rings. The Bertz CT molecular complexity index is 635. The van der Waals surface area contributed by atoms with E-state index in [1.165, 1.54) is 0 Å². The normalized spacial score (nSPS) is 10.3. The van der Waals surface area contributed by atoms with Gasteiger partial charge in [0.1, 0.15) is 0 Å². The Morgan fingerprint density at radius 2 is 1.86 bits per heavy atom. The fourth-order valence-corrected chi connectivity index (χ4v) is 2.13. The molecular formula is C17H22N4O. The number of carbonyl (C=O) groups excluding carboxylic acids is 1. The summed E-state index contributed by atoms with van der Waals surface area (Å²) >= 11 is 0. The van der Waals surface area contributed by atoms with E-state index < -0.39 is 0 Å². The number of amides is 1. The van der Waals surface area contributed by atoms with Gasteiger partial charge in [0.25, 0.3) is 5.91 Å². The Hall–Kier alpha value is -2.43. The van der Waals surface area contributed by atoms with Gasteiger partial charge in [0.05, 0.1) is 0 Å². The van der Waals surface area contributed by atoms with Gasteiger partial charge in [0.2, 0.25) is 5.95 Å². The minimum absolute atomic E-state index is 0.0570. The van der Waals surface area contributed by atoms with Gasteiger partial charge in [0.15, 0.2) is 0 Å². The van der Waals surface area contributed by atoms with Crippen LogP contribution in [0.1, 0.15) is 41.5 Å². The number of hydrogen-bond acceptors (Lipinski definition) is 4. The summed E-state index contributed by atoms with van der Waals surface area (Å²) in [6, 6.07) is 9.27. The first kappa shape index (κ1) is 15.9. The topological polar surface area (TPSA) is 66.9 Å². The van der Waals surface area contributed by atoms with Gasteiger partial charge in [-0.25, -0.2) is 9.97 Å². The lowest BCUT2D eigenvalue weighted by Gasteiger charge is -2.09. The van der Waals surface area contributed by atoms with E-state index in [0.717, 1.165) is 29.9 Å². The van der Waals surface area contributed by atoms with Crippen molar-refractivity contribution >= 4 is 17.5 Å². The molecule has 116 valence electrons. The van der Waals surface area contributed by atoms with Crippen LogP contribution in [0.4, 0.5) is 11.6 Å². The van der Waals surface area contributed by atoms with Crippen LogP contribution >= 0.6 is 0 Å². The van der Waals surface area contributed by atoms with E-state index in [4.69, 9.17) is 0 Å². The van der Waals surface area contributed by atoms with Gasteiger partial charge >= 0.3 is 0 Å². The molecule has 0 atom stereocenters. The number of benzene rings is 1. The van der Waals surface area contributed by atoms with Gasteiger partial charge < -0.3 is 10.6 Å². The molecule has 0 spiro atoms. The molecule has 0 bridgehead atoms. The molecule has 0 saturated carbocycles. The number of nitrogens with zero attached hydrogens (tertiary/aromatic N) is 2. The lowest BCUT2D eigenvalue weighted by Crippen LogP contribution is -2.24. The molecule has 0 saturated heterocycles. The first-order chi connectivity index (χ1) is 10.6. The molecule has 0 aliphatic rings. The van der Waals surface area contributed by atoms with Crippen LogP contribution in [0.2, 0.25) is 0 Å². The molecule has 1 aromatic carbocycles. The number of rotatable bonds is 6. The standard InChI is InChI=1S/C17H22N4O/c1-4-5-9-18-16(22)14-7-6-8-15(11-14)21-17-19-12(2)10-13(3)20-17/h6-8,10-11H,4-5,9H2,1-3H3,(H,18,22)(H,19,20,21). The van der Waals surface area contributed by atoms with E-state index in [9.17, 15) is 4.79 Å². The van der Waals surface area contributed by atoms with E-state index in [-0.39, 0.29) is 5.91 Å². The van der Waals surface area contributed by atoms with Crippen LogP contribution in [0.25, 0.3) is 0 Å². The SMILES string of the molecule is CCCCNC(=O)c1cccc(Nc2nc(C)cc(C)n2)c1. The summed E-state index contributed by atoms with van der Waals surface area (Å²) in [6.45, 7) is 6.66. The van der Waals surface area contributed by atoms with Crippen molar-refractivity contribution in [2.24, 2.45) is 0 Å². The average molecular weight is 298 g/mol. The smallest absolute Gasteiger partial charge is 0.251 e. The first-order valence-electron chi connectivity index (χ1n) is 7.56. The highest BCUT2D eigenvalue weighted by Crippen LogP contribution is 2.15. The van der Waals surface area contributed by atoms with Gasteiger partial charge in [-0.15, -0.1) is 0 Å². The predicted octanol–water partition coefficient (Wildman–Crippen LogP) is 3.37. The molecule has 1 heterocycles. The van der Waals surface area contributed by atoms with Crippen molar-refractivity contribution in [1.82, 2.24) is 15.3 Å². The average Bonchev–Trinajstić information content (AvgIpc) is 2.46. The van der Waals surface area contributed by atoms with Crippen molar-refractivity contribution in [2.75, 3.05) is 11.9 Å². The van der Waals surface area contributed by atoms with E-state index >= 15 is 0 Å². The van der Waals surface area contributed by atoms with Gasteiger partial charge in [-0.1, -0.05) is 19.4 Å². The number of nitrogens with one attached hydrogen (secondary N) is 2. The number of carbonyl (C=O) groups is 1. The molecule has 1 amide bonds. The molecule has 5 nitrogen and oxygen atoms in total. The van der Waals surface area contributed by atoms with Crippen LogP contribution in [0.15, 0.2) is 30.3 Å². The molecule has 2 rings (SSSR count). The highest BCUT2D eigenvalue weighted by atomic mass is 16.1. The quantitative estimate of drug-likeness (QED) is 0.802. The zero-order valence-corrected chi connectivity index (χ0v) is 13.3. The molecular weight excluding hydrogens is 276 g/mol. The van der Waals surface area contributed by atoms with Crippen LogP contribution in [0.5, 0.6) is 0 Å². The van der Waals surface area contributed by atoms with Crippen LogP contribution < -0.4 is 10.6 Å². The Morgan fingerprint density at radius 3 is 2.55 bits per heavy atom.